The van der Waals surface area contributed by atoms with E-state index in [9.17, 15) is 0 Å². The van der Waals surface area contributed by atoms with Crippen molar-refractivity contribution in [1.82, 2.24) is 5.32 Å². The van der Waals surface area contributed by atoms with E-state index in [1.54, 1.807) is 0 Å². The summed E-state index contributed by atoms with van der Waals surface area (Å²) in [5.74, 6) is 4.10. The molecule has 0 spiro atoms. The summed E-state index contributed by atoms with van der Waals surface area (Å²) in [6.45, 7) is 4.85. The Balaban J connectivity index is 2.00. The fourth-order valence-corrected chi connectivity index (χ4v) is 3.71. The Morgan fingerprint density at radius 1 is 1.00 bits per heavy atom. The fraction of sp³-hybridized carbons (Fsp3) is 1.00. The van der Waals surface area contributed by atoms with Crippen molar-refractivity contribution in [1.29, 1.82) is 0 Å². The van der Waals surface area contributed by atoms with Crippen LogP contribution >= 0.6 is 0 Å². The van der Waals surface area contributed by atoms with Crippen molar-refractivity contribution in [3.05, 3.63) is 0 Å². The van der Waals surface area contributed by atoms with Crippen LogP contribution in [0.1, 0.15) is 20.3 Å². The lowest BCUT2D eigenvalue weighted by Crippen LogP contribution is -2.65. The molecule has 1 heteroatoms. The standard InChI is InChI=1S/C9H15N/c1-4-6-3-7-8(4)10-9(7)5(6)2/h4-10H,3H2,1-2H3. The third-order valence-corrected chi connectivity index (χ3v) is 4.34. The summed E-state index contributed by atoms with van der Waals surface area (Å²) in [5, 5.41) is 3.67. The van der Waals surface area contributed by atoms with E-state index in [1.807, 2.05) is 0 Å². The molecule has 10 heavy (non-hydrogen) atoms. The van der Waals surface area contributed by atoms with Gasteiger partial charge in [-0.15, -0.1) is 0 Å². The quantitative estimate of drug-likeness (QED) is 0.530. The summed E-state index contributed by atoms with van der Waals surface area (Å²) in [6, 6.07) is 1.84. The molecule has 1 N–H and O–H groups in total. The van der Waals surface area contributed by atoms with Crippen LogP contribution in [0.4, 0.5) is 0 Å². The highest BCUT2D eigenvalue weighted by molar-refractivity contribution is 5.16. The van der Waals surface area contributed by atoms with Crippen molar-refractivity contribution < 1.29 is 0 Å². The van der Waals surface area contributed by atoms with Crippen molar-refractivity contribution in [3.8, 4) is 0 Å². The maximum absolute atomic E-state index is 3.67. The van der Waals surface area contributed by atoms with E-state index in [0.717, 1.165) is 35.8 Å². The smallest absolute Gasteiger partial charge is 0.0142 e. The van der Waals surface area contributed by atoms with Crippen LogP contribution < -0.4 is 5.32 Å². The molecular weight excluding hydrogens is 122 g/mol. The van der Waals surface area contributed by atoms with Crippen LogP contribution in [-0.2, 0) is 0 Å². The van der Waals surface area contributed by atoms with Gasteiger partial charge in [-0.1, -0.05) is 13.8 Å². The number of nitrogens with one attached hydrogen (secondary N) is 1. The highest BCUT2D eigenvalue weighted by Gasteiger charge is 2.61. The lowest BCUT2D eigenvalue weighted by atomic mass is 9.70. The van der Waals surface area contributed by atoms with Crippen LogP contribution in [0.3, 0.4) is 0 Å². The van der Waals surface area contributed by atoms with Gasteiger partial charge in [-0.3, -0.25) is 0 Å². The molecule has 1 nitrogen and oxygen atoms in total. The minimum absolute atomic E-state index is 0.922. The first-order valence-corrected chi connectivity index (χ1v) is 4.55. The molecule has 1 saturated heterocycles. The topological polar surface area (TPSA) is 12.0 Å². The Kier molecular flexibility index (Phi) is 0.797. The molecule has 0 aromatic rings. The molecular formula is C9H15N. The molecule has 1 heterocycles. The van der Waals surface area contributed by atoms with Crippen molar-refractivity contribution in [2.75, 3.05) is 0 Å². The number of rotatable bonds is 0. The molecule has 0 aromatic heterocycles. The molecule has 4 unspecified atom stereocenters. The third kappa shape index (κ3) is 0.378. The van der Waals surface area contributed by atoms with Crippen molar-refractivity contribution in [3.63, 3.8) is 0 Å². The highest BCUT2D eigenvalue weighted by Crippen LogP contribution is 2.57. The van der Waals surface area contributed by atoms with E-state index in [2.05, 4.69) is 19.2 Å². The van der Waals surface area contributed by atoms with Crippen molar-refractivity contribution >= 4 is 0 Å². The lowest BCUT2D eigenvalue weighted by molar-refractivity contribution is 0.0568. The van der Waals surface area contributed by atoms with Gasteiger partial charge in [0.1, 0.15) is 0 Å². The summed E-state index contributed by atoms with van der Waals surface area (Å²) in [7, 11) is 0. The van der Waals surface area contributed by atoms with E-state index in [1.165, 1.54) is 6.42 Å². The second-order valence-electron chi connectivity index (χ2n) is 4.50. The number of fused-ring (bicyclic) bond motifs is 1. The van der Waals surface area contributed by atoms with Crippen LogP contribution in [0.5, 0.6) is 0 Å². The summed E-state index contributed by atoms with van der Waals surface area (Å²) < 4.78 is 0. The number of hydrogen-bond donors (Lipinski definition) is 1. The van der Waals surface area contributed by atoms with Crippen molar-refractivity contribution in [2.45, 2.75) is 32.4 Å². The first kappa shape index (κ1) is 5.59. The SMILES string of the molecule is CC1C2CC3C1NC3C2C. The van der Waals surface area contributed by atoms with E-state index in [0.29, 0.717) is 0 Å². The van der Waals surface area contributed by atoms with E-state index in [4.69, 9.17) is 0 Å². The molecule has 3 rings (SSSR count). The van der Waals surface area contributed by atoms with Crippen LogP contribution in [0.2, 0.25) is 0 Å². The zero-order valence-electron chi connectivity index (χ0n) is 6.67. The second kappa shape index (κ2) is 1.42. The van der Waals surface area contributed by atoms with Gasteiger partial charge in [0.15, 0.2) is 0 Å². The molecule has 3 fully saturated rings. The maximum atomic E-state index is 3.67. The predicted octanol–water partition coefficient (Wildman–Crippen LogP) is 1.25. The average Bonchev–Trinajstić information content (AvgIpc) is 2.16. The van der Waals surface area contributed by atoms with Crippen LogP contribution in [-0.4, -0.2) is 12.1 Å². The Hall–Kier alpha value is -0.0400. The molecule has 0 radical (unpaired) electrons. The van der Waals surface area contributed by atoms with E-state index in [-0.39, 0.29) is 0 Å². The molecule has 56 valence electrons. The predicted molar refractivity (Wildman–Crippen MR) is 40.6 cm³/mol. The summed E-state index contributed by atoms with van der Waals surface area (Å²) >= 11 is 0. The average molecular weight is 137 g/mol. The number of piperidine rings is 1. The molecule has 0 aromatic carbocycles. The maximum Gasteiger partial charge on any atom is 0.0142 e. The van der Waals surface area contributed by atoms with Gasteiger partial charge < -0.3 is 5.32 Å². The summed E-state index contributed by atoms with van der Waals surface area (Å²) in [6.07, 6.45) is 1.53. The zero-order valence-corrected chi connectivity index (χ0v) is 6.67. The Morgan fingerprint density at radius 2 is 1.60 bits per heavy atom. The van der Waals surface area contributed by atoms with Crippen molar-refractivity contribution in [2.24, 2.45) is 23.7 Å². The molecule has 2 aliphatic carbocycles. The molecule has 3 aliphatic rings. The normalized spacial score (nSPS) is 70.2. The lowest BCUT2D eigenvalue weighted by Gasteiger charge is -2.50. The molecule has 2 bridgehead atoms. The van der Waals surface area contributed by atoms with Gasteiger partial charge in [-0.05, 0) is 30.1 Å². The van der Waals surface area contributed by atoms with E-state index < -0.39 is 0 Å². The highest BCUT2D eigenvalue weighted by atomic mass is 15.1. The van der Waals surface area contributed by atoms with E-state index >= 15 is 0 Å². The Labute approximate surface area is 62.2 Å². The van der Waals surface area contributed by atoms with Gasteiger partial charge in [0.05, 0.1) is 0 Å². The molecule has 0 amide bonds. The first-order valence-electron chi connectivity index (χ1n) is 4.55. The van der Waals surface area contributed by atoms with Gasteiger partial charge >= 0.3 is 0 Å². The van der Waals surface area contributed by atoms with Gasteiger partial charge in [-0.25, -0.2) is 0 Å². The summed E-state index contributed by atoms with van der Waals surface area (Å²) in [5.41, 5.74) is 0. The van der Waals surface area contributed by atoms with Gasteiger partial charge in [0, 0.05) is 12.1 Å². The largest absolute Gasteiger partial charge is 0.310 e. The summed E-state index contributed by atoms with van der Waals surface area (Å²) in [4.78, 5) is 0. The molecule has 2 saturated carbocycles. The fourth-order valence-electron chi connectivity index (χ4n) is 3.71. The monoisotopic (exact) mass is 137 g/mol. The molecule has 1 aliphatic heterocycles. The van der Waals surface area contributed by atoms with Gasteiger partial charge in [-0.2, -0.15) is 0 Å². The zero-order chi connectivity index (χ0) is 6.88. The Morgan fingerprint density at radius 3 is 1.90 bits per heavy atom. The third-order valence-electron chi connectivity index (χ3n) is 4.34. The molecule has 4 atom stereocenters. The minimum Gasteiger partial charge on any atom is -0.310 e. The van der Waals surface area contributed by atoms with Crippen LogP contribution in [0.25, 0.3) is 0 Å². The Bertz CT molecular complexity index is 158. The first-order chi connectivity index (χ1) is 4.79. The van der Waals surface area contributed by atoms with Gasteiger partial charge in [0.25, 0.3) is 0 Å². The van der Waals surface area contributed by atoms with Crippen LogP contribution in [0.15, 0.2) is 0 Å². The minimum atomic E-state index is 0.922. The van der Waals surface area contributed by atoms with Crippen LogP contribution in [0, 0.1) is 23.7 Å². The van der Waals surface area contributed by atoms with Gasteiger partial charge in [0.2, 0.25) is 0 Å². The number of hydrogen-bond acceptors (Lipinski definition) is 1. The second-order valence-corrected chi connectivity index (χ2v) is 4.50.